The fraction of sp³-hybridized carbons (Fsp3) is 0.462. The molecule has 94 valence electrons. The Balaban J connectivity index is 2.95. The Morgan fingerprint density at radius 2 is 1.88 bits per heavy atom. The highest BCUT2D eigenvalue weighted by molar-refractivity contribution is 7.98. The summed E-state index contributed by atoms with van der Waals surface area (Å²) in [6, 6.07) is 7.56. The molecule has 0 aliphatic heterocycles. The van der Waals surface area contributed by atoms with Crippen molar-refractivity contribution in [1.29, 1.82) is 0 Å². The van der Waals surface area contributed by atoms with Gasteiger partial charge in [-0.1, -0.05) is 12.1 Å². The molecule has 17 heavy (non-hydrogen) atoms. The number of hydrogen-bond donors (Lipinski definition) is 1. The van der Waals surface area contributed by atoms with Gasteiger partial charge in [-0.15, -0.1) is 11.8 Å². The highest BCUT2D eigenvalue weighted by Gasteiger charge is 2.36. The standard InChI is InChI=1S/C13H19NO2S/c1-13(2,12(15)16-3)11(14)9-5-7-10(17-4)8-6-9/h5-8,11H,14H2,1-4H3/t11-/m0/s1. The molecular weight excluding hydrogens is 234 g/mol. The Bertz CT molecular complexity index is 387. The van der Waals surface area contributed by atoms with E-state index in [4.69, 9.17) is 10.5 Å². The number of esters is 1. The molecule has 0 heterocycles. The molecule has 0 saturated heterocycles. The fourth-order valence-electron chi connectivity index (χ4n) is 1.62. The normalized spacial score (nSPS) is 13.2. The van der Waals surface area contributed by atoms with Crippen molar-refractivity contribution < 1.29 is 9.53 Å². The van der Waals surface area contributed by atoms with Crippen molar-refractivity contribution in [3.05, 3.63) is 29.8 Å². The molecular formula is C13H19NO2S. The van der Waals surface area contributed by atoms with Gasteiger partial charge in [0.15, 0.2) is 0 Å². The van der Waals surface area contributed by atoms with E-state index in [1.165, 1.54) is 12.0 Å². The molecule has 4 heteroatoms. The van der Waals surface area contributed by atoms with Crippen LogP contribution in [0.4, 0.5) is 0 Å². The number of benzene rings is 1. The van der Waals surface area contributed by atoms with Crippen LogP contribution in [0.15, 0.2) is 29.2 Å². The maximum absolute atomic E-state index is 11.7. The lowest BCUT2D eigenvalue weighted by atomic mass is 9.81. The first-order valence-corrected chi connectivity index (χ1v) is 6.64. The molecule has 0 unspecified atom stereocenters. The SMILES string of the molecule is COC(=O)C(C)(C)[C@@H](N)c1ccc(SC)cc1. The van der Waals surface area contributed by atoms with Crippen molar-refractivity contribution >= 4 is 17.7 Å². The van der Waals surface area contributed by atoms with Crippen LogP contribution < -0.4 is 5.73 Å². The highest BCUT2D eigenvalue weighted by Crippen LogP contribution is 2.33. The van der Waals surface area contributed by atoms with Crippen molar-refractivity contribution in [2.45, 2.75) is 24.8 Å². The molecule has 1 atom stereocenters. The predicted molar refractivity (Wildman–Crippen MR) is 70.9 cm³/mol. The molecule has 2 N–H and O–H groups in total. The average molecular weight is 253 g/mol. The van der Waals surface area contributed by atoms with E-state index >= 15 is 0 Å². The van der Waals surface area contributed by atoms with Crippen molar-refractivity contribution in [2.24, 2.45) is 11.1 Å². The monoisotopic (exact) mass is 253 g/mol. The molecule has 0 aromatic heterocycles. The highest BCUT2D eigenvalue weighted by atomic mass is 32.2. The van der Waals surface area contributed by atoms with Crippen molar-refractivity contribution in [3.8, 4) is 0 Å². The first-order chi connectivity index (χ1) is 7.93. The van der Waals surface area contributed by atoms with Crippen LogP contribution in [0.1, 0.15) is 25.5 Å². The fourth-order valence-corrected chi connectivity index (χ4v) is 2.03. The zero-order valence-electron chi connectivity index (χ0n) is 10.7. The third-order valence-corrected chi connectivity index (χ3v) is 3.71. The van der Waals surface area contributed by atoms with Gasteiger partial charge in [0, 0.05) is 10.9 Å². The van der Waals surface area contributed by atoms with Crippen LogP contribution in [0.5, 0.6) is 0 Å². The quantitative estimate of drug-likeness (QED) is 0.662. The van der Waals surface area contributed by atoms with Gasteiger partial charge in [-0.05, 0) is 37.8 Å². The summed E-state index contributed by atoms with van der Waals surface area (Å²) in [7, 11) is 1.38. The van der Waals surface area contributed by atoms with E-state index in [1.807, 2.05) is 30.5 Å². The number of rotatable bonds is 4. The smallest absolute Gasteiger partial charge is 0.313 e. The minimum absolute atomic E-state index is 0.293. The van der Waals surface area contributed by atoms with Gasteiger partial charge in [0.05, 0.1) is 12.5 Å². The lowest BCUT2D eigenvalue weighted by Crippen LogP contribution is -2.37. The number of carbonyl (C=O) groups is 1. The summed E-state index contributed by atoms with van der Waals surface area (Å²) in [4.78, 5) is 12.8. The van der Waals surface area contributed by atoms with Gasteiger partial charge >= 0.3 is 5.97 Å². The molecule has 1 aromatic rings. The van der Waals surface area contributed by atoms with Gasteiger partial charge in [0.1, 0.15) is 0 Å². The van der Waals surface area contributed by atoms with E-state index in [1.54, 1.807) is 25.6 Å². The number of thioether (sulfide) groups is 1. The van der Waals surface area contributed by atoms with Crippen LogP contribution in [-0.2, 0) is 9.53 Å². The minimum atomic E-state index is -0.727. The van der Waals surface area contributed by atoms with E-state index in [9.17, 15) is 4.79 Å². The third kappa shape index (κ3) is 3.01. The second kappa shape index (κ2) is 5.56. The molecule has 0 fully saturated rings. The number of nitrogens with two attached hydrogens (primary N) is 1. The van der Waals surface area contributed by atoms with E-state index in [0.29, 0.717) is 0 Å². The maximum atomic E-state index is 11.7. The Kier molecular flexibility index (Phi) is 4.60. The molecule has 1 aromatic carbocycles. The molecule has 0 aliphatic rings. The number of carbonyl (C=O) groups excluding carboxylic acids is 1. The van der Waals surface area contributed by atoms with E-state index in [2.05, 4.69) is 0 Å². The van der Waals surface area contributed by atoms with E-state index in [-0.39, 0.29) is 12.0 Å². The summed E-state index contributed by atoms with van der Waals surface area (Å²) in [5.74, 6) is -0.293. The van der Waals surface area contributed by atoms with Crippen molar-refractivity contribution in [1.82, 2.24) is 0 Å². The Hall–Kier alpha value is -1.00. The van der Waals surface area contributed by atoms with Crippen LogP contribution in [0, 0.1) is 5.41 Å². The summed E-state index contributed by atoms with van der Waals surface area (Å²) in [5, 5.41) is 0. The van der Waals surface area contributed by atoms with Crippen LogP contribution >= 0.6 is 11.8 Å². The number of ether oxygens (including phenoxy) is 1. The first kappa shape index (κ1) is 14.1. The summed E-state index contributed by atoms with van der Waals surface area (Å²) in [6.07, 6.45) is 2.02. The zero-order valence-corrected chi connectivity index (χ0v) is 11.5. The van der Waals surface area contributed by atoms with Crippen LogP contribution in [0.3, 0.4) is 0 Å². The summed E-state index contributed by atoms with van der Waals surface area (Å²) >= 11 is 1.68. The summed E-state index contributed by atoms with van der Waals surface area (Å²) < 4.78 is 4.78. The second-order valence-corrected chi connectivity index (χ2v) is 5.34. The molecule has 1 rings (SSSR count). The number of methoxy groups -OCH3 is 1. The van der Waals surface area contributed by atoms with Crippen LogP contribution in [-0.4, -0.2) is 19.3 Å². The molecule has 0 radical (unpaired) electrons. The Morgan fingerprint density at radius 3 is 2.29 bits per heavy atom. The molecule has 0 spiro atoms. The largest absolute Gasteiger partial charge is 0.469 e. The average Bonchev–Trinajstić information content (AvgIpc) is 2.36. The minimum Gasteiger partial charge on any atom is -0.469 e. The summed E-state index contributed by atoms with van der Waals surface area (Å²) in [5.41, 5.74) is 6.35. The van der Waals surface area contributed by atoms with Gasteiger partial charge in [-0.3, -0.25) is 4.79 Å². The van der Waals surface area contributed by atoms with Gasteiger partial charge < -0.3 is 10.5 Å². The maximum Gasteiger partial charge on any atom is 0.313 e. The van der Waals surface area contributed by atoms with Crippen molar-refractivity contribution in [2.75, 3.05) is 13.4 Å². The first-order valence-electron chi connectivity index (χ1n) is 5.41. The number of hydrogen-bond acceptors (Lipinski definition) is 4. The van der Waals surface area contributed by atoms with E-state index in [0.717, 1.165) is 5.56 Å². The molecule has 3 nitrogen and oxygen atoms in total. The lowest BCUT2D eigenvalue weighted by Gasteiger charge is -2.29. The van der Waals surface area contributed by atoms with Crippen LogP contribution in [0.25, 0.3) is 0 Å². The lowest BCUT2D eigenvalue weighted by molar-refractivity contribution is -0.152. The topological polar surface area (TPSA) is 52.3 Å². The second-order valence-electron chi connectivity index (χ2n) is 4.46. The van der Waals surface area contributed by atoms with Crippen molar-refractivity contribution in [3.63, 3.8) is 0 Å². The van der Waals surface area contributed by atoms with Gasteiger partial charge in [0.2, 0.25) is 0 Å². The third-order valence-electron chi connectivity index (χ3n) is 2.96. The molecule has 0 aliphatic carbocycles. The van der Waals surface area contributed by atoms with Gasteiger partial charge in [-0.25, -0.2) is 0 Å². The molecule has 0 amide bonds. The van der Waals surface area contributed by atoms with Gasteiger partial charge in [0.25, 0.3) is 0 Å². The zero-order chi connectivity index (χ0) is 13.1. The van der Waals surface area contributed by atoms with E-state index < -0.39 is 5.41 Å². The predicted octanol–water partition coefficient (Wildman–Crippen LogP) is 2.61. The Morgan fingerprint density at radius 1 is 1.35 bits per heavy atom. The van der Waals surface area contributed by atoms with Gasteiger partial charge in [-0.2, -0.15) is 0 Å². The Labute approximate surface area is 107 Å². The van der Waals surface area contributed by atoms with Crippen LogP contribution in [0.2, 0.25) is 0 Å². The summed E-state index contributed by atoms with van der Waals surface area (Å²) in [6.45, 7) is 3.60. The molecule has 0 bridgehead atoms. The molecule has 0 saturated carbocycles.